The number of rotatable bonds is 6. The van der Waals surface area contributed by atoms with Gasteiger partial charge in [0.05, 0.1) is 12.2 Å². The maximum Gasteiger partial charge on any atom is 0.0902 e. The van der Waals surface area contributed by atoms with Gasteiger partial charge in [0.15, 0.2) is 0 Å². The van der Waals surface area contributed by atoms with E-state index in [-0.39, 0.29) is 5.60 Å². The SMILES string of the molecule is CCC(C)N(C)CCOC1(C)CNC1. The van der Waals surface area contributed by atoms with Crippen LogP contribution in [0.3, 0.4) is 0 Å². The second-order valence-corrected chi connectivity index (χ2v) is 4.64. The Kier molecular flexibility index (Phi) is 4.35. The van der Waals surface area contributed by atoms with Crippen LogP contribution in [0.2, 0.25) is 0 Å². The molecule has 1 saturated heterocycles. The number of hydrogen-bond acceptors (Lipinski definition) is 3. The Morgan fingerprint density at radius 3 is 2.57 bits per heavy atom. The molecule has 3 nitrogen and oxygen atoms in total. The molecule has 1 atom stereocenters. The van der Waals surface area contributed by atoms with Gasteiger partial charge in [0.2, 0.25) is 0 Å². The molecule has 1 aliphatic rings. The normalized spacial score (nSPS) is 22.1. The van der Waals surface area contributed by atoms with Crippen molar-refractivity contribution in [1.82, 2.24) is 10.2 Å². The van der Waals surface area contributed by atoms with Crippen molar-refractivity contribution in [2.75, 3.05) is 33.3 Å². The van der Waals surface area contributed by atoms with Crippen LogP contribution in [-0.2, 0) is 4.74 Å². The van der Waals surface area contributed by atoms with E-state index in [4.69, 9.17) is 4.74 Å². The van der Waals surface area contributed by atoms with Crippen LogP contribution >= 0.6 is 0 Å². The third-order valence-corrected chi connectivity index (χ3v) is 3.24. The van der Waals surface area contributed by atoms with Crippen molar-refractivity contribution in [3.63, 3.8) is 0 Å². The molecule has 1 aliphatic heterocycles. The molecule has 1 N–H and O–H groups in total. The van der Waals surface area contributed by atoms with Gasteiger partial charge in [-0.2, -0.15) is 0 Å². The van der Waals surface area contributed by atoms with Gasteiger partial charge in [0.25, 0.3) is 0 Å². The number of likely N-dealkylation sites (N-methyl/N-ethyl adjacent to an activating group) is 1. The Morgan fingerprint density at radius 2 is 2.14 bits per heavy atom. The fourth-order valence-corrected chi connectivity index (χ4v) is 1.55. The Balaban J connectivity index is 2.08. The van der Waals surface area contributed by atoms with E-state index < -0.39 is 0 Å². The first-order valence-electron chi connectivity index (χ1n) is 5.62. The number of ether oxygens (including phenoxy) is 1. The van der Waals surface area contributed by atoms with Gasteiger partial charge in [-0.1, -0.05) is 6.92 Å². The highest BCUT2D eigenvalue weighted by molar-refractivity contribution is 4.90. The number of nitrogens with one attached hydrogen (secondary N) is 1. The summed E-state index contributed by atoms with van der Waals surface area (Å²) in [7, 11) is 2.17. The Morgan fingerprint density at radius 1 is 1.50 bits per heavy atom. The summed E-state index contributed by atoms with van der Waals surface area (Å²) < 4.78 is 5.83. The third kappa shape index (κ3) is 3.23. The molecule has 0 aromatic carbocycles. The molecule has 84 valence electrons. The van der Waals surface area contributed by atoms with Crippen LogP contribution in [0.5, 0.6) is 0 Å². The smallest absolute Gasteiger partial charge is 0.0902 e. The average Bonchev–Trinajstić information content (AvgIpc) is 2.13. The summed E-state index contributed by atoms with van der Waals surface area (Å²) in [6.07, 6.45) is 1.20. The van der Waals surface area contributed by atoms with Crippen LogP contribution < -0.4 is 5.32 Å². The molecule has 0 spiro atoms. The molecule has 1 rings (SSSR count). The van der Waals surface area contributed by atoms with Crippen molar-refractivity contribution in [3.8, 4) is 0 Å². The van der Waals surface area contributed by atoms with E-state index in [1.54, 1.807) is 0 Å². The Labute approximate surface area is 87.8 Å². The van der Waals surface area contributed by atoms with Crippen molar-refractivity contribution in [2.45, 2.75) is 38.8 Å². The monoisotopic (exact) mass is 200 g/mol. The molecule has 0 bridgehead atoms. The molecule has 1 heterocycles. The summed E-state index contributed by atoms with van der Waals surface area (Å²) in [5, 5.41) is 3.24. The summed E-state index contributed by atoms with van der Waals surface area (Å²) in [6, 6.07) is 0.658. The van der Waals surface area contributed by atoms with E-state index in [0.717, 1.165) is 26.2 Å². The first-order valence-corrected chi connectivity index (χ1v) is 5.62. The zero-order valence-electron chi connectivity index (χ0n) is 9.97. The van der Waals surface area contributed by atoms with Crippen LogP contribution in [0.4, 0.5) is 0 Å². The molecule has 0 amide bonds. The lowest BCUT2D eigenvalue weighted by Crippen LogP contribution is -2.59. The molecule has 0 aromatic rings. The molecule has 0 aromatic heterocycles. The highest BCUT2D eigenvalue weighted by Gasteiger charge is 2.32. The van der Waals surface area contributed by atoms with Crippen LogP contribution in [0.15, 0.2) is 0 Å². The van der Waals surface area contributed by atoms with Gasteiger partial charge in [-0.3, -0.25) is 0 Å². The number of hydrogen-bond donors (Lipinski definition) is 1. The van der Waals surface area contributed by atoms with E-state index >= 15 is 0 Å². The molecule has 1 fully saturated rings. The quantitative estimate of drug-likeness (QED) is 0.695. The molecular weight excluding hydrogens is 176 g/mol. The summed E-state index contributed by atoms with van der Waals surface area (Å²) in [4.78, 5) is 2.36. The largest absolute Gasteiger partial charge is 0.371 e. The van der Waals surface area contributed by atoms with Gasteiger partial charge in [0.1, 0.15) is 0 Å². The molecule has 0 saturated carbocycles. The highest BCUT2D eigenvalue weighted by Crippen LogP contribution is 2.14. The van der Waals surface area contributed by atoms with Gasteiger partial charge < -0.3 is 15.0 Å². The molecular formula is C11H24N2O. The van der Waals surface area contributed by atoms with E-state index in [1.807, 2.05) is 0 Å². The molecule has 3 heteroatoms. The first-order chi connectivity index (χ1) is 6.57. The topological polar surface area (TPSA) is 24.5 Å². The third-order valence-electron chi connectivity index (χ3n) is 3.24. The highest BCUT2D eigenvalue weighted by atomic mass is 16.5. The van der Waals surface area contributed by atoms with Crippen LogP contribution in [0.1, 0.15) is 27.2 Å². The molecule has 0 radical (unpaired) electrons. The minimum absolute atomic E-state index is 0.107. The summed E-state index contributed by atoms with van der Waals surface area (Å²) in [5.41, 5.74) is 0.107. The van der Waals surface area contributed by atoms with Crippen molar-refractivity contribution < 1.29 is 4.74 Å². The summed E-state index contributed by atoms with van der Waals surface area (Å²) >= 11 is 0. The number of nitrogens with zero attached hydrogens (tertiary/aromatic N) is 1. The van der Waals surface area contributed by atoms with Gasteiger partial charge in [-0.25, -0.2) is 0 Å². The van der Waals surface area contributed by atoms with Crippen LogP contribution in [0, 0.1) is 0 Å². The van der Waals surface area contributed by atoms with Crippen molar-refractivity contribution >= 4 is 0 Å². The zero-order chi connectivity index (χ0) is 10.6. The molecule has 0 aliphatic carbocycles. The van der Waals surface area contributed by atoms with E-state index in [1.165, 1.54) is 6.42 Å². The maximum atomic E-state index is 5.83. The fraction of sp³-hybridized carbons (Fsp3) is 1.00. The van der Waals surface area contributed by atoms with Crippen LogP contribution in [-0.4, -0.2) is 49.8 Å². The lowest BCUT2D eigenvalue weighted by molar-refractivity contribution is -0.0725. The van der Waals surface area contributed by atoms with Crippen molar-refractivity contribution in [3.05, 3.63) is 0 Å². The Hall–Kier alpha value is -0.120. The lowest BCUT2D eigenvalue weighted by Gasteiger charge is -2.39. The van der Waals surface area contributed by atoms with E-state index in [9.17, 15) is 0 Å². The minimum Gasteiger partial charge on any atom is -0.371 e. The van der Waals surface area contributed by atoms with Crippen molar-refractivity contribution in [2.24, 2.45) is 0 Å². The average molecular weight is 200 g/mol. The lowest BCUT2D eigenvalue weighted by atomic mass is 10.0. The standard InChI is InChI=1S/C11H24N2O/c1-5-10(2)13(4)6-7-14-11(3)8-12-9-11/h10,12H,5-9H2,1-4H3. The molecule has 1 unspecified atom stereocenters. The van der Waals surface area contributed by atoms with Gasteiger partial charge >= 0.3 is 0 Å². The second kappa shape index (κ2) is 5.10. The fourth-order valence-electron chi connectivity index (χ4n) is 1.55. The van der Waals surface area contributed by atoms with Gasteiger partial charge in [-0.15, -0.1) is 0 Å². The predicted octanol–water partition coefficient (Wildman–Crippen LogP) is 1.10. The van der Waals surface area contributed by atoms with Crippen molar-refractivity contribution in [1.29, 1.82) is 0 Å². The maximum absolute atomic E-state index is 5.83. The predicted molar refractivity (Wildman–Crippen MR) is 59.6 cm³/mol. The zero-order valence-corrected chi connectivity index (χ0v) is 9.97. The summed E-state index contributed by atoms with van der Waals surface area (Å²) in [6.45, 7) is 10.5. The van der Waals surface area contributed by atoms with E-state index in [0.29, 0.717) is 6.04 Å². The van der Waals surface area contributed by atoms with Gasteiger partial charge in [-0.05, 0) is 27.3 Å². The minimum atomic E-state index is 0.107. The Bertz CT molecular complexity index is 169. The second-order valence-electron chi connectivity index (χ2n) is 4.64. The van der Waals surface area contributed by atoms with Crippen LogP contribution in [0.25, 0.3) is 0 Å². The summed E-state index contributed by atoms with van der Waals surface area (Å²) in [5.74, 6) is 0. The van der Waals surface area contributed by atoms with E-state index in [2.05, 4.69) is 38.0 Å². The molecule has 14 heavy (non-hydrogen) atoms. The van der Waals surface area contributed by atoms with Gasteiger partial charge in [0, 0.05) is 25.7 Å². The first kappa shape index (κ1) is 12.0.